The molecule has 6 heteroatoms. The van der Waals surface area contributed by atoms with Crippen LogP contribution in [-0.4, -0.2) is 36.0 Å². The van der Waals surface area contributed by atoms with Gasteiger partial charge in [0.2, 0.25) is 5.89 Å². The van der Waals surface area contributed by atoms with Crippen LogP contribution in [0.5, 0.6) is 0 Å². The van der Waals surface area contributed by atoms with Crippen molar-refractivity contribution >= 4 is 6.01 Å². The van der Waals surface area contributed by atoms with E-state index in [-0.39, 0.29) is 0 Å². The fourth-order valence-electron chi connectivity index (χ4n) is 1.63. The monoisotopic (exact) mass is 268 g/mol. The second kappa shape index (κ2) is 8.12. The van der Waals surface area contributed by atoms with E-state index in [1.165, 1.54) is 19.3 Å². The van der Waals surface area contributed by atoms with E-state index in [1.54, 1.807) is 0 Å². The number of nitrogens with zero attached hydrogens (tertiary/aromatic N) is 2. The fraction of sp³-hybridized carbons (Fsp3) is 0.846. The maximum Gasteiger partial charge on any atom is 0.315 e. The van der Waals surface area contributed by atoms with Crippen LogP contribution in [0.25, 0.3) is 0 Å². The molecule has 1 aliphatic rings. The third-order valence-corrected chi connectivity index (χ3v) is 2.97. The van der Waals surface area contributed by atoms with Crippen LogP contribution in [0.2, 0.25) is 0 Å². The topological polar surface area (TPSA) is 72.2 Å². The second-order valence-electron chi connectivity index (χ2n) is 4.90. The number of ether oxygens (including phenoxy) is 1. The summed E-state index contributed by atoms with van der Waals surface area (Å²) in [5, 5.41) is 14.4. The summed E-state index contributed by atoms with van der Waals surface area (Å²) in [5.41, 5.74) is 0. The zero-order chi connectivity index (χ0) is 13.3. The van der Waals surface area contributed by atoms with E-state index in [9.17, 15) is 0 Å². The van der Waals surface area contributed by atoms with Crippen molar-refractivity contribution in [3.05, 3.63) is 5.89 Å². The van der Waals surface area contributed by atoms with Crippen LogP contribution in [0.3, 0.4) is 0 Å². The van der Waals surface area contributed by atoms with Gasteiger partial charge in [-0.15, -0.1) is 5.10 Å². The number of aromatic nitrogens is 2. The van der Waals surface area contributed by atoms with Gasteiger partial charge in [-0.25, -0.2) is 0 Å². The first kappa shape index (κ1) is 14.3. The first-order chi connectivity index (χ1) is 9.38. The number of nitrogens with one attached hydrogen (secondary N) is 2. The molecular formula is C13H24N4O2. The molecule has 1 aromatic rings. The van der Waals surface area contributed by atoms with Crippen molar-refractivity contribution < 1.29 is 9.15 Å². The highest BCUT2D eigenvalue weighted by molar-refractivity contribution is 5.16. The van der Waals surface area contributed by atoms with Gasteiger partial charge in [0.05, 0.1) is 6.54 Å². The maximum atomic E-state index is 5.47. The lowest BCUT2D eigenvalue weighted by Gasteiger charge is -2.03. The summed E-state index contributed by atoms with van der Waals surface area (Å²) in [6, 6.07) is 1.16. The summed E-state index contributed by atoms with van der Waals surface area (Å²) in [4.78, 5) is 0. The van der Waals surface area contributed by atoms with Gasteiger partial charge in [0.25, 0.3) is 0 Å². The van der Waals surface area contributed by atoms with E-state index < -0.39 is 0 Å². The Morgan fingerprint density at radius 2 is 2.11 bits per heavy atom. The van der Waals surface area contributed by atoms with Gasteiger partial charge in [0.15, 0.2) is 0 Å². The van der Waals surface area contributed by atoms with Gasteiger partial charge in [-0.2, -0.15) is 0 Å². The van der Waals surface area contributed by atoms with E-state index in [2.05, 4.69) is 27.8 Å². The SMILES string of the molecule is CCCCOCCCNc1nnc(CNC2CC2)o1. The molecule has 1 aromatic heterocycles. The Balaban J connectivity index is 1.50. The summed E-state index contributed by atoms with van der Waals surface area (Å²) < 4.78 is 10.9. The highest BCUT2D eigenvalue weighted by Gasteiger charge is 2.21. The smallest absolute Gasteiger partial charge is 0.315 e. The molecule has 6 nitrogen and oxygen atoms in total. The molecule has 0 aromatic carbocycles. The number of unbranched alkanes of at least 4 members (excludes halogenated alkanes) is 1. The molecule has 1 saturated carbocycles. The van der Waals surface area contributed by atoms with Crippen molar-refractivity contribution in [3.63, 3.8) is 0 Å². The largest absolute Gasteiger partial charge is 0.407 e. The standard InChI is InChI=1S/C13H24N4O2/c1-2-3-8-18-9-4-7-14-13-17-16-12(19-13)10-15-11-5-6-11/h11,15H,2-10H2,1H3,(H,14,17). The molecule has 0 spiro atoms. The molecule has 1 heterocycles. The molecule has 0 bridgehead atoms. The second-order valence-corrected chi connectivity index (χ2v) is 4.90. The predicted molar refractivity (Wildman–Crippen MR) is 73.0 cm³/mol. The molecule has 2 N–H and O–H groups in total. The van der Waals surface area contributed by atoms with Crippen LogP contribution in [0.4, 0.5) is 6.01 Å². The van der Waals surface area contributed by atoms with Crippen LogP contribution in [-0.2, 0) is 11.3 Å². The van der Waals surface area contributed by atoms with E-state index in [0.29, 0.717) is 24.5 Å². The number of hydrogen-bond acceptors (Lipinski definition) is 6. The zero-order valence-electron chi connectivity index (χ0n) is 11.7. The molecule has 0 radical (unpaired) electrons. The first-order valence-corrected chi connectivity index (χ1v) is 7.26. The Morgan fingerprint density at radius 3 is 2.89 bits per heavy atom. The Kier molecular flexibility index (Phi) is 6.10. The highest BCUT2D eigenvalue weighted by Crippen LogP contribution is 2.19. The van der Waals surface area contributed by atoms with Gasteiger partial charge >= 0.3 is 6.01 Å². The Labute approximate surface area is 114 Å². The molecule has 19 heavy (non-hydrogen) atoms. The summed E-state index contributed by atoms with van der Waals surface area (Å²) in [5.74, 6) is 0.647. The quantitative estimate of drug-likeness (QED) is 0.598. The van der Waals surface area contributed by atoms with Gasteiger partial charge < -0.3 is 19.8 Å². The first-order valence-electron chi connectivity index (χ1n) is 7.26. The normalized spacial score (nSPS) is 14.8. The van der Waals surface area contributed by atoms with Crippen molar-refractivity contribution in [1.29, 1.82) is 0 Å². The minimum absolute atomic E-state index is 0.501. The van der Waals surface area contributed by atoms with E-state index >= 15 is 0 Å². The molecule has 0 atom stereocenters. The van der Waals surface area contributed by atoms with Gasteiger partial charge in [0, 0.05) is 25.8 Å². The zero-order valence-corrected chi connectivity index (χ0v) is 11.7. The van der Waals surface area contributed by atoms with Crippen molar-refractivity contribution in [2.45, 2.75) is 51.6 Å². The van der Waals surface area contributed by atoms with Gasteiger partial charge in [0.1, 0.15) is 0 Å². The lowest BCUT2D eigenvalue weighted by atomic mass is 10.4. The molecule has 0 aliphatic heterocycles. The molecule has 1 fully saturated rings. The molecule has 2 rings (SSSR count). The van der Waals surface area contributed by atoms with Crippen LogP contribution in [0.1, 0.15) is 44.9 Å². The lowest BCUT2D eigenvalue weighted by molar-refractivity contribution is 0.131. The third-order valence-electron chi connectivity index (χ3n) is 2.97. The summed E-state index contributed by atoms with van der Waals surface area (Å²) in [7, 11) is 0. The Bertz CT molecular complexity index is 352. The Morgan fingerprint density at radius 1 is 1.26 bits per heavy atom. The fourth-order valence-corrected chi connectivity index (χ4v) is 1.63. The number of rotatable bonds is 11. The minimum atomic E-state index is 0.501. The van der Waals surface area contributed by atoms with E-state index in [1.807, 2.05) is 0 Å². The van der Waals surface area contributed by atoms with Crippen LogP contribution in [0, 0.1) is 0 Å². The predicted octanol–water partition coefficient (Wildman–Crippen LogP) is 1.94. The summed E-state index contributed by atoms with van der Waals surface area (Å²) in [6.07, 6.45) is 5.78. The summed E-state index contributed by atoms with van der Waals surface area (Å²) >= 11 is 0. The maximum absolute atomic E-state index is 5.47. The van der Waals surface area contributed by atoms with E-state index in [0.717, 1.165) is 32.6 Å². The molecular weight excluding hydrogens is 244 g/mol. The molecule has 108 valence electrons. The van der Waals surface area contributed by atoms with Crippen LogP contribution < -0.4 is 10.6 Å². The minimum Gasteiger partial charge on any atom is -0.407 e. The molecule has 0 saturated heterocycles. The average molecular weight is 268 g/mol. The van der Waals surface area contributed by atoms with Crippen LogP contribution in [0.15, 0.2) is 4.42 Å². The van der Waals surface area contributed by atoms with Gasteiger partial charge in [-0.1, -0.05) is 18.4 Å². The Hall–Kier alpha value is -1.14. The average Bonchev–Trinajstić information content (AvgIpc) is 3.15. The highest BCUT2D eigenvalue weighted by atomic mass is 16.5. The van der Waals surface area contributed by atoms with E-state index in [4.69, 9.17) is 9.15 Å². The third kappa shape index (κ3) is 6.02. The van der Waals surface area contributed by atoms with Crippen molar-refractivity contribution in [1.82, 2.24) is 15.5 Å². The summed E-state index contributed by atoms with van der Waals surface area (Å²) in [6.45, 7) is 5.25. The lowest BCUT2D eigenvalue weighted by Crippen LogP contribution is -2.15. The van der Waals surface area contributed by atoms with Gasteiger partial charge in [-0.05, 0) is 25.7 Å². The van der Waals surface area contributed by atoms with Crippen LogP contribution >= 0.6 is 0 Å². The van der Waals surface area contributed by atoms with Crippen molar-refractivity contribution in [2.24, 2.45) is 0 Å². The molecule has 0 unspecified atom stereocenters. The van der Waals surface area contributed by atoms with Crippen molar-refractivity contribution in [3.8, 4) is 0 Å². The number of hydrogen-bond donors (Lipinski definition) is 2. The van der Waals surface area contributed by atoms with Crippen molar-refractivity contribution in [2.75, 3.05) is 25.1 Å². The molecule has 0 amide bonds. The number of anilines is 1. The molecule has 1 aliphatic carbocycles. The van der Waals surface area contributed by atoms with Gasteiger partial charge in [-0.3, -0.25) is 0 Å².